The van der Waals surface area contributed by atoms with E-state index in [0.29, 0.717) is 18.3 Å². The smallest absolute Gasteiger partial charge is 0.169 e. The van der Waals surface area contributed by atoms with Crippen molar-refractivity contribution in [2.75, 3.05) is 0 Å². The van der Waals surface area contributed by atoms with E-state index >= 15 is 0 Å². The van der Waals surface area contributed by atoms with Gasteiger partial charge >= 0.3 is 0 Å². The first kappa shape index (κ1) is 10.8. The largest absolute Gasteiger partial charge is 0.454 e. The molecular weight excluding hydrogens is 254 g/mol. The fourth-order valence-corrected chi connectivity index (χ4v) is 2.80. The van der Waals surface area contributed by atoms with Gasteiger partial charge < -0.3 is 4.42 Å². The Morgan fingerprint density at radius 2 is 2.20 bits per heavy atom. The molecule has 0 aromatic carbocycles. The molecule has 1 fully saturated rings. The quantitative estimate of drug-likeness (QED) is 0.822. The minimum Gasteiger partial charge on any atom is -0.454 e. The molecule has 1 aliphatic carbocycles. The molecule has 80 valence electrons. The summed E-state index contributed by atoms with van der Waals surface area (Å²) in [6, 6.07) is 6.18. The molecule has 2 rings (SSSR count). The van der Waals surface area contributed by atoms with Crippen LogP contribution in [-0.2, 0) is 0 Å². The highest BCUT2D eigenvalue weighted by atomic mass is 79.9. The zero-order chi connectivity index (χ0) is 10.7. The first-order valence-electron chi connectivity index (χ1n) is 5.43. The van der Waals surface area contributed by atoms with Crippen LogP contribution in [0.1, 0.15) is 43.8 Å². The van der Waals surface area contributed by atoms with Gasteiger partial charge in [0.05, 0.1) is 6.07 Å². The van der Waals surface area contributed by atoms with E-state index in [9.17, 15) is 0 Å². The minimum absolute atomic E-state index is 0.295. The summed E-state index contributed by atoms with van der Waals surface area (Å²) in [5.41, 5.74) is 0. The van der Waals surface area contributed by atoms with E-state index in [0.717, 1.165) is 10.4 Å². The number of hydrogen-bond donors (Lipinski definition) is 0. The first-order valence-corrected chi connectivity index (χ1v) is 6.22. The highest BCUT2D eigenvalue weighted by Gasteiger charge is 2.28. The number of furan rings is 1. The predicted molar refractivity (Wildman–Crippen MR) is 61.3 cm³/mol. The van der Waals surface area contributed by atoms with Gasteiger partial charge in [0.2, 0.25) is 0 Å². The lowest BCUT2D eigenvalue weighted by Gasteiger charge is -2.18. The van der Waals surface area contributed by atoms with E-state index in [1.165, 1.54) is 25.7 Å². The van der Waals surface area contributed by atoms with Crippen molar-refractivity contribution in [3.63, 3.8) is 0 Å². The molecule has 15 heavy (non-hydrogen) atoms. The van der Waals surface area contributed by atoms with Crippen LogP contribution in [-0.4, -0.2) is 0 Å². The van der Waals surface area contributed by atoms with Crippen LogP contribution >= 0.6 is 15.9 Å². The molecule has 1 unspecified atom stereocenters. The van der Waals surface area contributed by atoms with Crippen LogP contribution in [0.15, 0.2) is 21.2 Å². The number of nitriles is 1. The average Bonchev–Trinajstić information content (AvgIpc) is 2.85. The molecule has 0 N–H and O–H groups in total. The van der Waals surface area contributed by atoms with Gasteiger partial charge in [-0.2, -0.15) is 5.26 Å². The van der Waals surface area contributed by atoms with E-state index in [2.05, 4.69) is 22.0 Å². The van der Waals surface area contributed by atoms with E-state index in [1.807, 2.05) is 12.1 Å². The predicted octanol–water partition coefficient (Wildman–Crippen LogP) is 4.23. The highest BCUT2D eigenvalue weighted by molar-refractivity contribution is 9.10. The monoisotopic (exact) mass is 267 g/mol. The molecule has 1 atom stereocenters. The summed E-state index contributed by atoms with van der Waals surface area (Å²) in [6.07, 6.45) is 5.66. The third-order valence-corrected chi connectivity index (χ3v) is 3.67. The van der Waals surface area contributed by atoms with Crippen molar-refractivity contribution in [1.29, 1.82) is 5.26 Å². The second-order valence-electron chi connectivity index (χ2n) is 4.16. The Kier molecular flexibility index (Phi) is 3.48. The third kappa shape index (κ3) is 2.43. The standard InChI is InChI=1S/C12H14BrNO/c13-12-6-5-11(15-12)10(7-8-14)9-3-1-2-4-9/h5-6,9-10H,1-4,7H2. The maximum Gasteiger partial charge on any atom is 0.169 e. The molecule has 1 aromatic heterocycles. The summed E-state index contributed by atoms with van der Waals surface area (Å²) < 4.78 is 6.34. The number of halogens is 1. The lowest BCUT2D eigenvalue weighted by Crippen LogP contribution is -2.08. The van der Waals surface area contributed by atoms with Gasteiger partial charge in [-0.3, -0.25) is 0 Å². The third-order valence-electron chi connectivity index (χ3n) is 3.24. The van der Waals surface area contributed by atoms with E-state index in [-0.39, 0.29) is 0 Å². The zero-order valence-electron chi connectivity index (χ0n) is 8.58. The molecule has 0 radical (unpaired) electrons. The molecule has 0 spiro atoms. The second kappa shape index (κ2) is 4.85. The van der Waals surface area contributed by atoms with Crippen LogP contribution in [0.3, 0.4) is 0 Å². The van der Waals surface area contributed by atoms with Crippen molar-refractivity contribution in [2.24, 2.45) is 5.92 Å². The fraction of sp³-hybridized carbons (Fsp3) is 0.583. The van der Waals surface area contributed by atoms with Crippen LogP contribution < -0.4 is 0 Å². The Balaban J connectivity index is 2.15. The van der Waals surface area contributed by atoms with Gasteiger partial charge in [-0.25, -0.2) is 0 Å². The van der Waals surface area contributed by atoms with Gasteiger partial charge in [-0.05, 0) is 46.8 Å². The van der Waals surface area contributed by atoms with Crippen molar-refractivity contribution >= 4 is 15.9 Å². The molecule has 1 aliphatic rings. The number of hydrogen-bond acceptors (Lipinski definition) is 2. The van der Waals surface area contributed by atoms with Crippen molar-refractivity contribution in [1.82, 2.24) is 0 Å². The Labute approximate surface area is 98.4 Å². The van der Waals surface area contributed by atoms with Gasteiger partial charge in [0, 0.05) is 12.3 Å². The first-order chi connectivity index (χ1) is 7.31. The Hall–Kier alpha value is -0.750. The van der Waals surface area contributed by atoms with Crippen LogP contribution in [0.4, 0.5) is 0 Å². The maximum absolute atomic E-state index is 8.86. The van der Waals surface area contributed by atoms with E-state index in [4.69, 9.17) is 9.68 Å². The molecule has 0 aliphatic heterocycles. The Morgan fingerprint density at radius 3 is 2.73 bits per heavy atom. The van der Waals surface area contributed by atoms with Crippen molar-refractivity contribution in [3.05, 3.63) is 22.6 Å². The highest BCUT2D eigenvalue weighted by Crippen LogP contribution is 2.40. The van der Waals surface area contributed by atoms with Crippen molar-refractivity contribution in [2.45, 2.75) is 38.0 Å². The van der Waals surface area contributed by atoms with Crippen molar-refractivity contribution < 1.29 is 4.42 Å². The van der Waals surface area contributed by atoms with Crippen LogP contribution in [0, 0.1) is 17.2 Å². The van der Waals surface area contributed by atoms with Crippen LogP contribution in [0.25, 0.3) is 0 Å². The molecule has 0 amide bonds. The lowest BCUT2D eigenvalue weighted by atomic mass is 9.87. The zero-order valence-corrected chi connectivity index (χ0v) is 10.2. The van der Waals surface area contributed by atoms with E-state index < -0.39 is 0 Å². The maximum atomic E-state index is 8.86. The molecule has 1 heterocycles. The van der Waals surface area contributed by atoms with Gasteiger partial charge in [0.1, 0.15) is 5.76 Å². The van der Waals surface area contributed by atoms with Crippen LogP contribution in [0.5, 0.6) is 0 Å². The summed E-state index contributed by atoms with van der Waals surface area (Å²) in [5.74, 6) is 1.90. The summed E-state index contributed by atoms with van der Waals surface area (Å²) >= 11 is 3.31. The van der Waals surface area contributed by atoms with Crippen LogP contribution in [0.2, 0.25) is 0 Å². The average molecular weight is 268 g/mol. The Bertz CT molecular complexity index is 360. The van der Waals surface area contributed by atoms with Gasteiger partial charge in [0.15, 0.2) is 4.67 Å². The molecular formula is C12H14BrNO. The SMILES string of the molecule is N#CCC(c1ccc(Br)o1)C1CCCC1. The van der Waals surface area contributed by atoms with Gasteiger partial charge in [-0.15, -0.1) is 0 Å². The second-order valence-corrected chi connectivity index (χ2v) is 4.94. The molecule has 0 bridgehead atoms. The summed E-state index contributed by atoms with van der Waals surface area (Å²) in [4.78, 5) is 0. The topological polar surface area (TPSA) is 36.9 Å². The fourth-order valence-electron chi connectivity index (χ4n) is 2.49. The number of rotatable bonds is 3. The molecule has 1 saturated carbocycles. The molecule has 3 heteroatoms. The van der Waals surface area contributed by atoms with Crippen molar-refractivity contribution in [3.8, 4) is 6.07 Å². The number of nitrogens with zero attached hydrogens (tertiary/aromatic N) is 1. The molecule has 0 saturated heterocycles. The van der Waals surface area contributed by atoms with Gasteiger partial charge in [-0.1, -0.05) is 12.8 Å². The Morgan fingerprint density at radius 1 is 1.47 bits per heavy atom. The minimum atomic E-state index is 0.295. The molecule has 2 nitrogen and oxygen atoms in total. The van der Waals surface area contributed by atoms with Gasteiger partial charge in [0.25, 0.3) is 0 Å². The normalized spacial score (nSPS) is 18.9. The van der Waals surface area contributed by atoms with E-state index in [1.54, 1.807) is 0 Å². The summed E-state index contributed by atoms with van der Waals surface area (Å²) in [6.45, 7) is 0. The summed E-state index contributed by atoms with van der Waals surface area (Å²) in [5, 5.41) is 8.86. The summed E-state index contributed by atoms with van der Waals surface area (Å²) in [7, 11) is 0. The lowest BCUT2D eigenvalue weighted by molar-refractivity contribution is 0.359. The molecule has 1 aromatic rings.